The number of carbonyl (C=O) groups excluding carboxylic acids is 2. The van der Waals surface area contributed by atoms with Crippen LogP contribution in [0.3, 0.4) is 0 Å². The summed E-state index contributed by atoms with van der Waals surface area (Å²) in [7, 11) is 5.11. The molecule has 0 aliphatic heterocycles. The van der Waals surface area contributed by atoms with Crippen molar-refractivity contribution in [3.05, 3.63) is 46.8 Å². The molecular formula is C17H20N9O4+. The number of aromatic nitrogens is 5. The number of quaternary nitrogens is 1. The molecule has 4 N–H and O–H groups in total. The summed E-state index contributed by atoms with van der Waals surface area (Å²) in [5.74, 6) is -0.828. The molecule has 1 amide bonds. The Morgan fingerprint density at radius 1 is 1.30 bits per heavy atom. The van der Waals surface area contributed by atoms with E-state index in [4.69, 9.17) is 5.73 Å². The second-order valence-corrected chi connectivity index (χ2v) is 6.47. The number of anilines is 1. The third kappa shape index (κ3) is 4.47. The fourth-order valence-corrected chi connectivity index (χ4v) is 2.52. The van der Waals surface area contributed by atoms with Crippen molar-refractivity contribution in [2.24, 2.45) is 5.10 Å². The predicted octanol–water partition coefficient (Wildman–Crippen LogP) is -1.57. The lowest BCUT2D eigenvalue weighted by Gasteiger charge is -2.08. The number of nitrogens with zero attached hydrogens (tertiary/aromatic N) is 6. The molecule has 3 rings (SSSR count). The number of hydrogen-bond donors (Lipinski definition) is 3. The monoisotopic (exact) mass is 414 g/mol. The SMILES string of the molecule is COC(=O)c1ccc(/C=N\NC(=O)c2nnn(-c3nonc3N)c2C[NH+](C)C)cc1. The van der Waals surface area contributed by atoms with E-state index < -0.39 is 11.9 Å². The molecular weight excluding hydrogens is 394 g/mol. The Kier molecular flexibility index (Phi) is 6.12. The van der Waals surface area contributed by atoms with E-state index in [2.05, 4.69) is 40.5 Å². The number of nitrogens with one attached hydrogen (secondary N) is 2. The number of hydrogen-bond acceptors (Lipinski definition) is 10. The Bertz CT molecular complexity index is 1070. The third-order valence-corrected chi connectivity index (χ3v) is 3.91. The molecule has 1 aromatic carbocycles. The van der Waals surface area contributed by atoms with Crippen molar-refractivity contribution in [1.82, 2.24) is 30.7 Å². The Morgan fingerprint density at radius 2 is 2.03 bits per heavy atom. The van der Waals surface area contributed by atoms with E-state index in [1.165, 1.54) is 18.0 Å². The van der Waals surface area contributed by atoms with Gasteiger partial charge in [-0.2, -0.15) is 9.78 Å². The number of carbonyl (C=O) groups is 2. The van der Waals surface area contributed by atoms with Crippen molar-refractivity contribution >= 4 is 23.9 Å². The Morgan fingerprint density at radius 3 is 2.63 bits per heavy atom. The summed E-state index contributed by atoms with van der Waals surface area (Å²) >= 11 is 0. The normalized spacial score (nSPS) is 11.2. The number of methoxy groups -OCH3 is 1. The number of benzene rings is 1. The van der Waals surface area contributed by atoms with Gasteiger partial charge in [-0.05, 0) is 28.0 Å². The number of amides is 1. The van der Waals surface area contributed by atoms with Crippen molar-refractivity contribution in [1.29, 1.82) is 0 Å². The third-order valence-electron chi connectivity index (χ3n) is 3.91. The zero-order valence-electron chi connectivity index (χ0n) is 16.5. The van der Waals surface area contributed by atoms with Gasteiger partial charge >= 0.3 is 5.97 Å². The minimum atomic E-state index is -0.560. The van der Waals surface area contributed by atoms with Crippen LogP contribution in [0.5, 0.6) is 0 Å². The van der Waals surface area contributed by atoms with Crippen LogP contribution in [0.2, 0.25) is 0 Å². The van der Waals surface area contributed by atoms with Crippen LogP contribution >= 0.6 is 0 Å². The van der Waals surface area contributed by atoms with Crippen molar-refractivity contribution in [2.75, 3.05) is 26.9 Å². The van der Waals surface area contributed by atoms with Gasteiger partial charge in [0.2, 0.25) is 11.6 Å². The largest absolute Gasteiger partial charge is 0.465 e. The predicted molar refractivity (Wildman–Crippen MR) is 103 cm³/mol. The van der Waals surface area contributed by atoms with Gasteiger partial charge in [0.25, 0.3) is 5.91 Å². The molecule has 0 saturated heterocycles. The Labute approximate surface area is 170 Å². The van der Waals surface area contributed by atoms with Crippen LogP contribution in [0, 0.1) is 0 Å². The number of nitrogen functional groups attached to an aromatic ring is 1. The molecule has 13 heteroatoms. The number of esters is 1. The lowest BCUT2D eigenvalue weighted by molar-refractivity contribution is -0.873. The number of hydrazone groups is 1. The Balaban J connectivity index is 1.76. The van der Waals surface area contributed by atoms with Gasteiger partial charge in [0, 0.05) is 0 Å². The summed E-state index contributed by atoms with van der Waals surface area (Å²) in [6.07, 6.45) is 1.43. The van der Waals surface area contributed by atoms with Crippen LogP contribution in [0.4, 0.5) is 5.82 Å². The highest BCUT2D eigenvalue weighted by Gasteiger charge is 2.25. The van der Waals surface area contributed by atoms with Gasteiger partial charge in [-0.15, -0.1) is 5.10 Å². The summed E-state index contributed by atoms with van der Waals surface area (Å²) in [6.45, 7) is 0.404. The first-order chi connectivity index (χ1) is 14.4. The van der Waals surface area contributed by atoms with E-state index in [9.17, 15) is 9.59 Å². The quantitative estimate of drug-likeness (QED) is 0.235. The molecule has 0 saturated carbocycles. The summed E-state index contributed by atoms with van der Waals surface area (Å²) in [5, 5.41) is 19.0. The number of ether oxygens (including phenoxy) is 1. The Hall–Kier alpha value is -4.13. The molecule has 156 valence electrons. The van der Waals surface area contributed by atoms with Crippen molar-refractivity contribution in [3.8, 4) is 5.82 Å². The lowest BCUT2D eigenvalue weighted by atomic mass is 10.1. The first-order valence-corrected chi connectivity index (χ1v) is 8.74. The molecule has 0 aliphatic carbocycles. The maximum Gasteiger partial charge on any atom is 0.337 e. The van der Waals surface area contributed by atoms with Crippen LogP contribution < -0.4 is 16.1 Å². The zero-order valence-corrected chi connectivity index (χ0v) is 16.5. The van der Waals surface area contributed by atoms with Gasteiger partial charge in [0.05, 0.1) is 33.0 Å². The number of nitrogens with two attached hydrogens (primary N) is 1. The van der Waals surface area contributed by atoms with Gasteiger partial charge < -0.3 is 15.4 Å². The molecule has 30 heavy (non-hydrogen) atoms. The highest BCUT2D eigenvalue weighted by molar-refractivity contribution is 5.94. The van der Waals surface area contributed by atoms with Gasteiger partial charge in [0.15, 0.2) is 5.69 Å². The average molecular weight is 414 g/mol. The van der Waals surface area contributed by atoms with Gasteiger partial charge in [-0.25, -0.2) is 14.8 Å². The second-order valence-electron chi connectivity index (χ2n) is 6.47. The molecule has 0 radical (unpaired) electrons. The van der Waals surface area contributed by atoms with Gasteiger partial charge in [0.1, 0.15) is 12.2 Å². The summed E-state index contributed by atoms with van der Waals surface area (Å²) in [4.78, 5) is 25.0. The van der Waals surface area contributed by atoms with Gasteiger partial charge in [-0.3, -0.25) is 4.79 Å². The average Bonchev–Trinajstić information content (AvgIpc) is 3.33. The smallest absolute Gasteiger partial charge is 0.337 e. The van der Waals surface area contributed by atoms with Crippen LogP contribution in [-0.2, 0) is 11.3 Å². The van der Waals surface area contributed by atoms with Crippen LogP contribution in [0.25, 0.3) is 5.82 Å². The molecule has 0 fully saturated rings. The van der Waals surface area contributed by atoms with E-state index >= 15 is 0 Å². The molecule has 0 bridgehead atoms. The van der Waals surface area contributed by atoms with E-state index in [-0.39, 0.29) is 17.3 Å². The molecule has 0 spiro atoms. The minimum Gasteiger partial charge on any atom is -0.465 e. The number of rotatable bonds is 7. The minimum absolute atomic E-state index is 0.0234. The van der Waals surface area contributed by atoms with Gasteiger partial charge in [-0.1, -0.05) is 17.3 Å². The highest BCUT2D eigenvalue weighted by atomic mass is 16.6. The first kappa shape index (κ1) is 20.6. The molecule has 13 nitrogen and oxygen atoms in total. The fraction of sp³-hybridized carbons (Fsp3) is 0.235. The summed E-state index contributed by atoms with van der Waals surface area (Å²) in [5.41, 5.74) is 9.74. The molecule has 0 unspecified atom stereocenters. The summed E-state index contributed by atoms with van der Waals surface area (Å²) < 4.78 is 10.6. The fourth-order valence-electron chi connectivity index (χ4n) is 2.52. The maximum absolute atomic E-state index is 12.6. The molecule has 2 heterocycles. The molecule has 0 atom stereocenters. The van der Waals surface area contributed by atoms with E-state index in [0.717, 1.165) is 4.90 Å². The molecule has 2 aromatic heterocycles. The zero-order chi connectivity index (χ0) is 21.7. The van der Waals surface area contributed by atoms with E-state index in [1.54, 1.807) is 24.3 Å². The van der Waals surface area contributed by atoms with Crippen molar-refractivity contribution < 1.29 is 23.9 Å². The van der Waals surface area contributed by atoms with E-state index in [0.29, 0.717) is 23.4 Å². The van der Waals surface area contributed by atoms with Crippen molar-refractivity contribution in [3.63, 3.8) is 0 Å². The van der Waals surface area contributed by atoms with Crippen LogP contribution in [0.15, 0.2) is 34.0 Å². The van der Waals surface area contributed by atoms with E-state index in [1.807, 2.05) is 14.1 Å². The molecule has 0 aliphatic rings. The van der Waals surface area contributed by atoms with Crippen LogP contribution in [0.1, 0.15) is 32.1 Å². The highest BCUT2D eigenvalue weighted by Crippen LogP contribution is 2.15. The first-order valence-electron chi connectivity index (χ1n) is 8.74. The topological polar surface area (TPSA) is 168 Å². The maximum atomic E-state index is 12.6. The molecule has 3 aromatic rings. The lowest BCUT2D eigenvalue weighted by Crippen LogP contribution is -3.04. The van der Waals surface area contributed by atoms with Crippen molar-refractivity contribution in [2.45, 2.75) is 6.54 Å². The second kappa shape index (κ2) is 8.91. The standard InChI is InChI=1S/C17H19N9O4/c1-25(2)9-12-13(20-24-26(12)15-14(18)22-30-23-15)16(27)21-19-8-10-4-6-11(7-5-10)17(28)29-3/h4-8H,9H2,1-3H3,(H2,18,22)(H,21,27)/p+1/b19-8-. The summed E-state index contributed by atoms with van der Waals surface area (Å²) in [6, 6.07) is 6.52. The van der Waals surface area contributed by atoms with Crippen LogP contribution in [-0.4, -0.2) is 64.6 Å².